The number of aryl methyl sites for hydroxylation is 1. The Morgan fingerprint density at radius 1 is 1.35 bits per heavy atom. The predicted octanol–water partition coefficient (Wildman–Crippen LogP) is 0.343. The zero-order valence-electron chi connectivity index (χ0n) is 15.4. The lowest BCUT2D eigenvalue weighted by molar-refractivity contribution is -0.144. The summed E-state index contributed by atoms with van der Waals surface area (Å²) in [6, 6.07) is 1.66. The van der Waals surface area contributed by atoms with Gasteiger partial charge in [0.25, 0.3) is 0 Å². The van der Waals surface area contributed by atoms with Crippen LogP contribution in [0.5, 0.6) is 0 Å². The van der Waals surface area contributed by atoms with Crippen LogP contribution in [0.25, 0.3) is 0 Å². The first-order valence-corrected chi connectivity index (χ1v) is 9.05. The van der Waals surface area contributed by atoms with Crippen LogP contribution in [0.2, 0.25) is 0 Å². The lowest BCUT2D eigenvalue weighted by Crippen LogP contribution is -2.52. The molecule has 9 nitrogen and oxygen atoms in total. The standard InChI is InChI=1S/C17H26N6O3/c1-10-5-4-6-22(9-10)16(26)15(25)19-13-7-12(3)21-23(13)17-18-11(2)8-14(24)20-17/h7,10-11,17-18H,4-6,8-9H2,1-3H3,(H,19,25)(H,20,24). The Morgan fingerprint density at radius 3 is 2.81 bits per heavy atom. The second kappa shape index (κ2) is 7.45. The molecular formula is C17H26N6O3. The van der Waals surface area contributed by atoms with Crippen molar-refractivity contribution in [2.24, 2.45) is 5.92 Å². The highest BCUT2D eigenvalue weighted by atomic mass is 16.2. The summed E-state index contributed by atoms with van der Waals surface area (Å²) in [7, 11) is 0. The molecule has 2 aliphatic heterocycles. The minimum absolute atomic E-state index is 0.0155. The highest BCUT2D eigenvalue weighted by Crippen LogP contribution is 2.19. The van der Waals surface area contributed by atoms with Gasteiger partial charge < -0.3 is 15.5 Å². The highest BCUT2D eigenvalue weighted by Gasteiger charge is 2.29. The van der Waals surface area contributed by atoms with Crippen LogP contribution in [-0.2, 0) is 14.4 Å². The number of hydrogen-bond donors (Lipinski definition) is 3. The number of hydrogen-bond acceptors (Lipinski definition) is 5. The molecule has 1 aromatic rings. The zero-order chi connectivity index (χ0) is 18.8. The molecule has 3 atom stereocenters. The van der Waals surface area contributed by atoms with Gasteiger partial charge in [-0.1, -0.05) is 6.92 Å². The normalized spacial score (nSPS) is 26.3. The van der Waals surface area contributed by atoms with E-state index in [-0.39, 0.29) is 11.9 Å². The van der Waals surface area contributed by atoms with E-state index in [4.69, 9.17) is 0 Å². The molecule has 0 aromatic carbocycles. The Morgan fingerprint density at radius 2 is 2.12 bits per heavy atom. The second-order valence-corrected chi connectivity index (χ2v) is 7.31. The number of carbonyl (C=O) groups excluding carboxylic acids is 3. The Labute approximate surface area is 152 Å². The van der Waals surface area contributed by atoms with Gasteiger partial charge in [-0.05, 0) is 32.6 Å². The van der Waals surface area contributed by atoms with Gasteiger partial charge in [0.1, 0.15) is 5.82 Å². The minimum atomic E-state index is -0.685. The van der Waals surface area contributed by atoms with Gasteiger partial charge in [-0.25, -0.2) is 4.68 Å². The van der Waals surface area contributed by atoms with Crippen LogP contribution in [0.1, 0.15) is 45.1 Å². The third-order valence-corrected chi connectivity index (χ3v) is 4.71. The smallest absolute Gasteiger partial charge is 0.315 e. The second-order valence-electron chi connectivity index (χ2n) is 7.31. The summed E-state index contributed by atoms with van der Waals surface area (Å²) < 4.78 is 1.49. The van der Waals surface area contributed by atoms with Crippen molar-refractivity contribution in [2.45, 2.75) is 52.4 Å². The first-order valence-electron chi connectivity index (χ1n) is 9.05. The fourth-order valence-corrected chi connectivity index (χ4v) is 3.49. The number of anilines is 1. The van der Waals surface area contributed by atoms with Crippen LogP contribution < -0.4 is 16.0 Å². The van der Waals surface area contributed by atoms with E-state index in [9.17, 15) is 14.4 Å². The van der Waals surface area contributed by atoms with Crippen molar-refractivity contribution < 1.29 is 14.4 Å². The van der Waals surface area contributed by atoms with Crippen molar-refractivity contribution in [2.75, 3.05) is 18.4 Å². The van der Waals surface area contributed by atoms with Crippen LogP contribution in [0.3, 0.4) is 0 Å². The topological polar surface area (TPSA) is 108 Å². The Balaban J connectivity index is 1.72. The van der Waals surface area contributed by atoms with Gasteiger partial charge in [0.15, 0.2) is 6.29 Å². The summed E-state index contributed by atoms with van der Waals surface area (Å²) in [6.07, 6.45) is 1.79. The Hall–Kier alpha value is -2.42. The van der Waals surface area contributed by atoms with Crippen LogP contribution in [0.4, 0.5) is 5.82 Å². The average molecular weight is 362 g/mol. The molecule has 142 valence electrons. The molecule has 3 N–H and O–H groups in total. The predicted molar refractivity (Wildman–Crippen MR) is 95.0 cm³/mol. The number of nitrogens with one attached hydrogen (secondary N) is 3. The summed E-state index contributed by atoms with van der Waals surface area (Å²) in [5, 5.41) is 13.0. The van der Waals surface area contributed by atoms with E-state index in [1.54, 1.807) is 17.9 Å². The van der Waals surface area contributed by atoms with Crippen molar-refractivity contribution in [3.63, 3.8) is 0 Å². The van der Waals surface area contributed by atoms with Crippen molar-refractivity contribution in [1.82, 2.24) is 25.3 Å². The number of nitrogens with zero attached hydrogens (tertiary/aromatic N) is 3. The summed E-state index contributed by atoms with van der Waals surface area (Å²) >= 11 is 0. The van der Waals surface area contributed by atoms with E-state index < -0.39 is 18.1 Å². The van der Waals surface area contributed by atoms with E-state index in [2.05, 4.69) is 28.0 Å². The average Bonchev–Trinajstić information content (AvgIpc) is 2.93. The molecular weight excluding hydrogens is 336 g/mol. The molecule has 0 spiro atoms. The van der Waals surface area contributed by atoms with Gasteiger partial charge in [0.2, 0.25) is 5.91 Å². The molecule has 0 bridgehead atoms. The Kier molecular flexibility index (Phi) is 5.26. The van der Waals surface area contributed by atoms with Gasteiger partial charge in [-0.3, -0.25) is 19.7 Å². The van der Waals surface area contributed by atoms with E-state index in [1.807, 2.05) is 6.92 Å². The monoisotopic (exact) mass is 362 g/mol. The molecule has 3 amide bonds. The third-order valence-electron chi connectivity index (χ3n) is 4.71. The first kappa shape index (κ1) is 18.4. The molecule has 3 rings (SSSR count). The maximum atomic E-state index is 12.4. The molecule has 0 radical (unpaired) electrons. The molecule has 2 fully saturated rings. The minimum Gasteiger partial charge on any atom is -0.334 e. The van der Waals surface area contributed by atoms with E-state index in [1.165, 1.54) is 4.68 Å². The van der Waals surface area contributed by atoms with Crippen molar-refractivity contribution in [1.29, 1.82) is 0 Å². The summed E-state index contributed by atoms with van der Waals surface area (Å²) in [5.74, 6) is -0.536. The number of piperidine rings is 1. The number of amides is 3. The van der Waals surface area contributed by atoms with Crippen LogP contribution in [0.15, 0.2) is 6.07 Å². The van der Waals surface area contributed by atoms with Crippen molar-refractivity contribution in [3.05, 3.63) is 11.8 Å². The largest absolute Gasteiger partial charge is 0.334 e. The molecule has 26 heavy (non-hydrogen) atoms. The lowest BCUT2D eigenvalue weighted by Gasteiger charge is -2.31. The van der Waals surface area contributed by atoms with E-state index in [0.717, 1.165) is 12.8 Å². The zero-order valence-corrected chi connectivity index (χ0v) is 15.4. The fraction of sp³-hybridized carbons (Fsp3) is 0.647. The van der Waals surface area contributed by atoms with Gasteiger partial charge >= 0.3 is 11.8 Å². The number of likely N-dealkylation sites (tertiary alicyclic amines) is 1. The summed E-state index contributed by atoms with van der Waals surface area (Å²) in [5.41, 5.74) is 0.675. The van der Waals surface area contributed by atoms with E-state index in [0.29, 0.717) is 36.9 Å². The molecule has 0 saturated carbocycles. The third kappa shape index (κ3) is 4.04. The number of rotatable bonds is 2. The maximum absolute atomic E-state index is 12.4. The molecule has 3 unspecified atom stereocenters. The molecule has 1 aromatic heterocycles. The van der Waals surface area contributed by atoms with Gasteiger partial charge in [-0.2, -0.15) is 5.10 Å². The SMILES string of the molecule is Cc1cc(NC(=O)C(=O)N2CCCC(C)C2)n(C2NC(=O)CC(C)N2)n1. The Bertz CT molecular complexity index is 715. The molecule has 0 aliphatic carbocycles. The molecule has 2 aliphatic rings. The summed E-state index contributed by atoms with van der Waals surface area (Å²) in [4.78, 5) is 38.3. The quantitative estimate of drug-likeness (QED) is 0.658. The van der Waals surface area contributed by atoms with Crippen molar-refractivity contribution >= 4 is 23.5 Å². The fourth-order valence-electron chi connectivity index (χ4n) is 3.49. The first-order chi connectivity index (χ1) is 12.3. The molecule has 9 heteroatoms. The number of aromatic nitrogens is 2. The van der Waals surface area contributed by atoms with Gasteiger partial charge in [-0.15, -0.1) is 0 Å². The van der Waals surface area contributed by atoms with Crippen LogP contribution in [0, 0.1) is 12.8 Å². The van der Waals surface area contributed by atoms with Crippen molar-refractivity contribution in [3.8, 4) is 0 Å². The highest BCUT2D eigenvalue weighted by molar-refractivity contribution is 6.39. The molecule has 2 saturated heterocycles. The van der Waals surface area contributed by atoms with Crippen LogP contribution >= 0.6 is 0 Å². The van der Waals surface area contributed by atoms with Gasteiger partial charge in [0, 0.05) is 31.6 Å². The maximum Gasteiger partial charge on any atom is 0.315 e. The lowest BCUT2D eigenvalue weighted by atomic mass is 10.0. The summed E-state index contributed by atoms with van der Waals surface area (Å²) in [6.45, 7) is 6.97. The van der Waals surface area contributed by atoms with Gasteiger partial charge in [0.05, 0.1) is 5.69 Å². The van der Waals surface area contributed by atoms with E-state index >= 15 is 0 Å². The molecule has 3 heterocycles. The van der Waals surface area contributed by atoms with Crippen LogP contribution in [-0.4, -0.2) is 51.5 Å². The number of carbonyl (C=O) groups is 3.